The Labute approximate surface area is 187 Å². The minimum Gasteiger partial charge on any atom is -0.373 e. The van der Waals surface area contributed by atoms with Crippen molar-refractivity contribution in [1.29, 1.82) is 0 Å². The highest BCUT2D eigenvalue weighted by atomic mass is 32.1. The molecule has 1 saturated heterocycles. The predicted octanol–water partition coefficient (Wildman–Crippen LogP) is 3.17. The van der Waals surface area contributed by atoms with Crippen molar-refractivity contribution in [2.45, 2.75) is 31.9 Å². The summed E-state index contributed by atoms with van der Waals surface area (Å²) in [5, 5.41) is 11.9. The van der Waals surface area contributed by atoms with Gasteiger partial charge in [0.2, 0.25) is 5.89 Å². The standard InChI is InChI=1S/C21H21N7O3S/c1-12-8-24-28(22-2)19(12)21(29)27(3)9-18-25-20(26-31-18)14-6-16(30-10-14)13-4-5-15-17(7-13)32-11-23-15/h4-5,7-8,11,14,16H,2,6,9-10H2,1,3H3/t14-,16+/m0/s1. The first-order chi connectivity index (χ1) is 15.5. The zero-order valence-corrected chi connectivity index (χ0v) is 18.4. The maximum absolute atomic E-state index is 12.8. The fourth-order valence-corrected chi connectivity index (χ4v) is 4.57. The minimum atomic E-state index is -0.255. The number of ether oxygens (including phenoxy) is 1. The van der Waals surface area contributed by atoms with Crippen molar-refractivity contribution in [3.05, 3.63) is 58.4 Å². The van der Waals surface area contributed by atoms with Gasteiger partial charge in [-0.1, -0.05) is 11.2 Å². The largest absolute Gasteiger partial charge is 0.373 e. The summed E-state index contributed by atoms with van der Waals surface area (Å²) in [7, 11) is 1.66. The van der Waals surface area contributed by atoms with Crippen LogP contribution in [0, 0.1) is 6.92 Å². The molecule has 4 heterocycles. The molecule has 1 aliphatic heterocycles. The zero-order valence-electron chi connectivity index (χ0n) is 17.6. The lowest BCUT2D eigenvalue weighted by atomic mass is 10.00. The number of carbonyl (C=O) groups is 1. The molecular weight excluding hydrogens is 430 g/mol. The van der Waals surface area contributed by atoms with Crippen molar-refractivity contribution in [1.82, 2.24) is 29.9 Å². The summed E-state index contributed by atoms with van der Waals surface area (Å²) in [6.07, 6.45) is 2.32. The topological polar surface area (TPSA) is 112 Å². The fraction of sp³-hybridized carbons (Fsp3) is 0.333. The monoisotopic (exact) mass is 451 g/mol. The van der Waals surface area contributed by atoms with Gasteiger partial charge in [0.15, 0.2) is 11.5 Å². The van der Waals surface area contributed by atoms with Crippen molar-refractivity contribution >= 4 is 34.2 Å². The first kappa shape index (κ1) is 20.5. The summed E-state index contributed by atoms with van der Waals surface area (Å²) in [6, 6.07) is 6.21. The van der Waals surface area contributed by atoms with Crippen molar-refractivity contribution in [2.75, 3.05) is 13.7 Å². The van der Waals surface area contributed by atoms with Crippen LogP contribution in [0.2, 0.25) is 0 Å². The van der Waals surface area contributed by atoms with Crippen molar-refractivity contribution in [2.24, 2.45) is 5.10 Å². The van der Waals surface area contributed by atoms with Gasteiger partial charge >= 0.3 is 0 Å². The quantitative estimate of drug-likeness (QED) is 0.414. The van der Waals surface area contributed by atoms with Gasteiger partial charge in [-0.05, 0) is 31.0 Å². The molecule has 0 radical (unpaired) electrons. The highest BCUT2D eigenvalue weighted by Gasteiger charge is 2.32. The van der Waals surface area contributed by atoms with E-state index in [2.05, 4.69) is 44.2 Å². The number of carbonyl (C=O) groups excluding carboxylic acids is 1. The summed E-state index contributed by atoms with van der Waals surface area (Å²) >= 11 is 1.62. The van der Waals surface area contributed by atoms with E-state index >= 15 is 0 Å². The summed E-state index contributed by atoms with van der Waals surface area (Å²) in [5.74, 6) is 0.732. The average molecular weight is 452 g/mol. The first-order valence-corrected chi connectivity index (χ1v) is 11.0. The van der Waals surface area contributed by atoms with Crippen LogP contribution in [0.25, 0.3) is 10.2 Å². The van der Waals surface area contributed by atoms with Gasteiger partial charge < -0.3 is 14.2 Å². The molecule has 0 saturated carbocycles. The van der Waals surface area contributed by atoms with E-state index in [1.807, 2.05) is 11.6 Å². The maximum Gasteiger partial charge on any atom is 0.274 e. The highest BCUT2D eigenvalue weighted by molar-refractivity contribution is 7.16. The Morgan fingerprint density at radius 3 is 3.16 bits per heavy atom. The normalized spacial score (nSPS) is 18.3. The molecule has 1 amide bonds. The molecule has 3 aromatic heterocycles. The van der Waals surface area contributed by atoms with Crippen molar-refractivity contribution in [3.8, 4) is 0 Å². The summed E-state index contributed by atoms with van der Waals surface area (Å²) in [4.78, 5) is 24.3. The predicted molar refractivity (Wildman–Crippen MR) is 118 cm³/mol. The van der Waals surface area contributed by atoms with Gasteiger partial charge in [0.25, 0.3) is 5.91 Å². The number of hydrogen-bond donors (Lipinski definition) is 0. The molecule has 32 heavy (non-hydrogen) atoms. The highest BCUT2D eigenvalue weighted by Crippen LogP contribution is 2.38. The lowest BCUT2D eigenvalue weighted by molar-refractivity contribution is 0.0757. The van der Waals surface area contributed by atoms with E-state index in [1.54, 1.807) is 31.5 Å². The molecule has 164 valence electrons. The Morgan fingerprint density at radius 2 is 2.31 bits per heavy atom. The second-order valence-electron chi connectivity index (χ2n) is 7.75. The number of benzene rings is 1. The van der Waals surface area contributed by atoms with Crippen LogP contribution in [0.15, 0.2) is 39.5 Å². The minimum absolute atomic E-state index is 0.0210. The van der Waals surface area contributed by atoms with E-state index in [1.165, 1.54) is 9.69 Å². The Kier molecular flexibility index (Phi) is 5.27. The van der Waals surface area contributed by atoms with E-state index in [-0.39, 0.29) is 24.5 Å². The number of fused-ring (bicyclic) bond motifs is 1. The maximum atomic E-state index is 12.8. The molecule has 0 spiro atoms. The second-order valence-corrected chi connectivity index (χ2v) is 8.64. The van der Waals surface area contributed by atoms with Crippen LogP contribution in [-0.4, -0.2) is 56.2 Å². The van der Waals surface area contributed by atoms with Gasteiger partial charge in [0.1, 0.15) is 6.54 Å². The van der Waals surface area contributed by atoms with Gasteiger partial charge in [0, 0.05) is 25.2 Å². The first-order valence-electron chi connectivity index (χ1n) is 10.1. The zero-order chi connectivity index (χ0) is 22.2. The van der Waals surface area contributed by atoms with E-state index in [0.29, 0.717) is 29.6 Å². The number of nitrogens with zero attached hydrogens (tertiary/aromatic N) is 7. The van der Waals surface area contributed by atoms with Gasteiger partial charge in [-0.3, -0.25) is 4.79 Å². The van der Waals surface area contributed by atoms with Crippen LogP contribution in [0.3, 0.4) is 0 Å². The third kappa shape index (κ3) is 3.69. The Hall–Kier alpha value is -3.44. The van der Waals surface area contributed by atoms with Crippen molar-refractivity contribution in [3.63, 3.8) is 0 Å². The van der Waals surface area contributed by atoms with Crippen LogP contribution in [0.1, 0.15) is 51.8 Å². The number of hydrogen-bond acceptors (Lipinski definition) is 9. The molecule has 5 rings (SSSR count). The van der Waals surface area contributed by atoms with Gasteiger partial charge in [0.05, 0.1) is 34.6 Å². The summed E-state index contributed by atoms with van der Waals surface area (Å²) in [5.41, 5.74) is 5.04. The third-order valence-corrected chi connectivity index (χ3v) is 6.35. The molecule has 1 aliphatic rings. The molecule has 11 heteroatoms. The van der Waals surface area contributed by atoms with E-state index in [0.717, 1.165) is 22.2 Å². The lowest BCUT2D eigenvalue weighted by Gasteiger charge is -2.15. The molecule has 1 fully saturated rings. The molecule has 2 atom stereocenters. The van der Waals surface area contributed by atoms with Crippen LogP contribution in [-0.2, 0) is 11.3 Å². The third-order valence-electron chi connectivity index (χ3n) is 5.56. The Balaban J connectivity index is 1.25. The Morgan fingerprint density at radius 1 is 1.44 bits per heavy atom. The number of rotatable bonds is 6. The Bertz CT molecular complexity index is 1290. The lowest BCUT2D eigenvalue weighted by Crippen LogP contribution is -2.28. The van der Waals surface area contributed by atoms with Gasteiger partial charge in [-0.2, -0.15) is 15.2 Å². The molecule has 0 unspecified atom stereocenters. The van der Waals surface area contributed by atoms with E-state index in [9.17, 15) is 4.79 Å². The SMILES string of the molecule is C=Nn1ncc(C)c1C(=O)N(C)Cc1nc([C@@H]2CO[C@@H](c3ccc4ncsc4c3)C2)no1. The van der Waals surface area contributed by atoms with Gasteiger partial charge in [-0.25, -0.2) is 4.98 Å². The second kappa shape index (κ2) is 8.24. The molecule has 4 aromatic rings. The molecule has 1 aromatic carbocycles. The molecule has 0 N–H and O–H groups in total. The molecule has 0 bridgehead atoms. The molecular formula is C21H21N7O3S. The van der Waals surface area contributed by atoms with Crippen LogP contribution >= 0.6 is 11.3 Å². The summed E-state index contributed by atoms with van der Waals surface area (Å²) < 4.78 is 12.6. The van der Waals surface area contributed by atoms with Crippen molar-refractivity contribution < 1.29 is 14.1 Å². The molecule has 0 aliphatic carbocycles. The number of amides is 1. The van der Waals surface area contributed by atoms with Crippen LogP contribution in [0.4, 0.5) is 0 Å². The number of thiazole rings is 1. The van der Waals surface area contributed by atoms with Crippen LogP contribution < -0.4 is 0 Å². The van der Waals surface area contributed by atoms with E-state index in [4.69, 9.17) is 9.26 Å². The summed E-state index contributed by atoms with van der Waals surface area (Å²) in [6.45, 7) is 5.93. The van der Waals surface area contributed by atoms with Gasteiger partial charge in [-0.15, -0.1) is 16.1 Å². The fourth-order valence-electron chi connectivity index (χ4n) is 3.84. The number of aromatic nitrogens is 5. The number of aryl methyl sites for hydroxylation is 1. The molecule has 10 nitrogen and oxygen atoms in total. The van der Waals surface area contributed by atoms with E-state index < -0.39 is 0 Å². The van der Waals surface area contributed by atoms with Crippen LogP contribution in [0.5, 0.6) is 0 Å². The smallest absolute Gasteiger partial charge is 0.274 e. The average Bonchev–Trinajstić information content (AvgIpc) is 3.58.